The molecule has 0 saturated heterocycles. The summed E-state index contributed by atoms with van der Waals surface area (Å²) in [6.07, 6.45) is 1.64. The Labute approximate surface area is 187 Å². The molecule has 11 heteroatoms. The van der Waals surface area contributed by atoms with Crippen molar-refractivity contribution < 1.29 is 14.3 Å². The molecule has 1 aliphatic heterocycles. The van der Waals surface area contributed by atoms with E-state index in [9.17, 15) is 4.79 Å². The Morgan fingerprint density at radius 2 is 1.69 bits per heavy atom. The number of rotatable bonds is 5. The van der Waals surface area contributed by atoms with E-state index >= 15 is 0 Å². The van der Waals surface area contributed by atoms with Crippen molar-refractivity contribution >= 4 is 67.8 Å². The van der Waals surface area contributed by atoms with Crippen molar-refractivity contribution in [2.24, 2.45) is 6.35 Å². The Balaban J connectivity index is 1.73. The number of nitrogens with zero attached hydrogens (tertiary/aromatic N) is 2. The van der Waals surface area contributed by atoms with Crippen LogP contribution in [0.3, 0.4) is 0 Å². The summed E-state index contributed by atoms with van der Waals surface area (Å²) in [6.45, 7) is 0. The van der Waals surface area contributed by atoms with Crippen molar-refractivity contribution in [2.75, 3.05) is 24.9 Å². The predicted octanol–water partition coefficient (Wildman–Crippen LogP) is 5.57. The second kappa shape index (κ2) is 9.90. The van der Waals surface area contributed by atoms with Gasteiger partial charge in [-0.3, -0.25) is 5.32 Å². The number of halogens is 3. The van der Waals surface area contributed by atoms with Crippen LogP contribution in [0.15, 0.2) is 54.6 Å². The summed E-state index contributed by atoms with van der Waals surface area (Å²) in [5.41, 5.74) is 1.06. The molecule has 2 aromatic rings. The van der Waals surface area contributed by atoms with Crippen LogP contribution in [-0.2, 0) is 0 Å². The van der Waals surface area contributed by atoms with Crippen LogP contribution >= 0.6 is 44.5 Å². The van der Waals surface area contributed by atoms with Gasteiger partial charge in [0.2, 0.25) is 0 Å². The number of benzene rings is 2. The molecule has 0 atom stereocenters. The first-order chi connectivity index (χ1) is 14.0. The van der Waals surface area contributed by atoms with E-state index in [2.05, 4.69) is 22.3 Å². The normalized spacial score (nSPS) is 12.8. The molecule has 2 amide bonds. The number of hydrogen-bond donors (Lipinski definition) is 3. The standard InChI is InChI=1S/C18H16Cl2IN5O3/c1-28-11-8-12(29-2)16(20)17(15(11)19)24-18(27)23-14-9-13(25-21-26-14)22-10-6-4-3-5-7-10/h3-9H,1-2H3,(H3,22,23,24,25,26,27). The third-order valence-corrected chi connectivity index (χ3v) is 5.85. The van der Waals surface area contributed by atoms with Crippen molar-refractivity contribution in [3.8, 4) is 11.5 Å². The van der Waals surface area contributed by atoms with Gasteiger partial charge in [-0.05, 0) is 12.1 Å². The Hall–Kier alpha value is -2.37. The molecule has 1 aliphatic rings. The smallest absolute Gasteiger partial charge is 0.324 e. The maximum absolute atomic E-state index is 12.5. The fourth-order valence-electron chi connectivity index (χ4n) is 2.32. The molecular formula is C18H16Cl2IN5O3. The minimum Gasteiger partial charge on any atom is -0.495 e. The number of anilines is 2. The molecule has 0 radical (unpaired) electrons. The van der Waals surface area contributed by atoms with Gasteiger partial charge in [-0.1, -0.05) is 41.4 Å². The van der Waals surface area contributed by atoms with Crippen LogP contribution in [0.2, 0.25) is 10.0 Å². The molecule has 0 saturated carbocycles. The van der Waals surface area contributed by atoms with Gasteiger partial charge in [-0.25, -0.2) is 4.79 Å². The van der Waals surface area contributed by atoms with Crippen LogP contribution < -0.4 is 25.4 Å². The summed E-state index contributed by atoms with van der Waals surface area (Å²) in [4.78, 5) is 12.5. The summed E-state index contributed by atoms with van der Waals surface area (Å²) < 4.78 is 19.0. The van der Waals surface area contributed by atoms with Gasteiger partial charge in [0.15, 0.2) is 0 Å². The summed E-state index contributed by atoms with van der Waals surface area (Å²) >= 11 is 11.7. The number of ether oxygens (including phenoxy) is 2. The lowest BCUT2D eigenvalue weighted by molar-refractivity contribution is 0.256. The third-order valence-electron chi connectivity index (χ3n) is 3.63. The molecule has 0 bridgehead atoms. The highest BCUT2D eigenvalue weighted by Gasteiger charge is 2.19. The first-order valence-electron chi connectivity index (χ1n) is 8.16. The van der Waals surface area contributed by atoms with Crippen molar-refractivity contribution in [3.63, 3.8) is 0 Å². The number of amides is 2. The maximum Gasteiger partial charge on any atom is 0.324 e. The molecule has 2 aromatic carbocycles. The Morgan fingerprint density at radius 1 is 1.03 bits per heavy atom. The van der Waals surface area contributed by atoms with Crippen LogP contribution in [0, 0.1) is 0 Å². The van der Waals surface area contributed by atoms with Crippen molar-refractivity contribution in [2.45, 2.75) is 0 Å². The molecule has 3 rings (SSSR count). The van der Waals surface area contributed by atoms with E-state index in [-0.39, 0.29) is 15.7 Å². The zero-order chi connectivity index (χ0) is 20.8. The number of para-hydroxylation sites is 1. The molecule has 29 heavy (non-hydrogen) atoms. The van der Waals surface area contributed by atoms with E-state index in [1.807, 2.05) is 30.3 Å². The first-order valence-corrected chi connectivity index (χ1v) is 10.8. The lowest BCUT2D eigenvalue weighted by atomic mass is 10.2. The fourth-order valence-corrected chi connectivity index (χ4v) is 4.01. The minimum atomic E-state index is -0.838. The lowest BCUT2D eigenvalue weighted by Gasteiger charge is -2.16. The number of urea groups is 1. The number of nitrogens with one attached hydrogen (secondary N) is 3. The number of carbonyl (C=O) groups excluding carboxylic acids is 1. The second-order valence-corrected chi connectivity index (χ2v) is 7.67. The van der Waals surface area contributed by atoms with Gasteiger partial charge in [0, 0.05) is 17.8 Å². The highest BCUT2D eigenvalue weighted by Crippen LogP contribution is 2.44. The van der Waals surface area contributed by atoms with E-state index in [1.165, 1.54) is 20.3 Å². The minimum absolute atomic E-state index is 0.156. The topological polar surface area (TPSA) is 96.3 Å². The van der Waals surface area contributed by atoms with E-state index < -0.39 is 27.3 Å². The van der Waals surface area contributed by atoms with Gasteiger partial charge in [0.25, 0.3) is 0 Å². The summed E-state index contributed by atoms with van der Waals surface area (Å²) in [7, 11) is 2.91. The molecule has 3 N–H and O–H groups in total. The fraction of sp³-hybridized carbons (Fsp3) is 0.111. The highest BCUT2D eigenvalue weighted by atomic mass is 127. The number of methoxy groups -OCH3 is 2. The third kappa shape index (κ3) is 5.37. The molecule has 152 valence electrons. The molecule has 0 fully saturated rings. The monoisotopic (exact) mass is 547 g/mol. The Kier molecular flexibility index (Phi) is 7.29. The Bertz CT molecular complexity index is 984. The molecule has 8 nitrogen and oxygen atoms in total. The molecule has 0 aliphatic carbocycles. The van der Waals surface area contributed by atoms with E-state index in [0.29, 0.717) is 23.2 Å². The highest BCUT2D eigenvalue weighted by molar-refractivity contribution is 14.1. The van der Waals surface area contributed by atoms with Gasteiger partial charge in [-0.15, -0.1) is 0 Å². The van der Waals surface area contributed by atoms with E-state index in [4.69, 9.17) is 32.7 Å². The molecule has 0 unspecified atom stereocenters. The zero-order valence-electron chi connectivity index (χ0n) is 15.3. The number of amidine groups is 1. The van der Waals surface area contributed by atoms with Crippen LogP contribution in [0.5, 0.6) is 11.5 Å². The number of carbonyl (C=O) groups is 1. The van der Waals surface area contributed by atoms with Gasteiger partial charge >= 0.3 is 6.03 Å². The average Bonchev–Trinajstić information content (AvgIpc) is 2.72. The van der Waals surface area contributed by atoms with Gasteiger partial charge in [0.1, 0.15) is 54.5 Å². The molecule has 1 heterocycles. The largest absolute Gasteiger partial charge is 0.495 e. The maximum atomic E-state index is 12.5. The average molecular weight is 548 g/mol. The predicted molar refractivity (Wildman–Crippen MR) is 124 cm³/mol. The van der Waals surface area contributed by atoms with E-state index in [0.717, 1.165) is 5.69 Å². The van der Waals surface area contributed by atoms with Crippen molar-refractivity contribution in [1.82, 2.24) is 5.32 Å². The van der Waals surface area contributed by atoms with Crippen LogP contribution in [-0.4, -0.2) is 26.1 Å². The second-order valence-electron chi connectivity index (χ2n) is 5.51. The van der Waals surface area contributed by atoms with Crippen molar-refractivity contribution in [1.29, 1.82) is 0 Å². The number of hydrogen-bond acceptors (Lipinski definition) is 6. The van der Waals surface area contributed by atoms with Crippen molar-refractivity contribution in [3.05, 3.63) is 58.3 Å². The molecule has 0 aromatic heterocycles. The van der Waals surface area contributed by atoms with Gasteiger partial charge in [0.05, 0.1) is 19.9 Å². The van der Waals surface area contributed by atoms with Crippen LogP contribution in [0.4, 0.5) is 16.2 Å². The van der Waals surface area contributed by atoms with Gasteiger partial charge < -0.3 is 20.1 Å². The summed E-state index contributed by atoms with van der Waals surface area (Å²) in [6, 6.07) is 10.6. The molecular weight excluding hydrogens is 532 g/mol. The van der Waals surface area contributed by atoms with Gasteiger partial charge in [-0.2, -0.15) is 6.35 Å². The zero-order valence-corrected chi connectivity index (χ0v) is 19.0. The SMILES string of the molecule is COc1cc(OC)c(Cl)c(NC(=O)NC2=NI=NC(Nc3ccccc3)=C2)c1Cl. The summed E-state index contributed by atoms with van der Waals surface area (Å²) in [5.74, 6) is 1.63. The first kappa shape index (κ1) is 21.3. The lowest BCUT2D eigenvalue weighted by Crippen LogP contribution is -2.34. The molecule has 0 spiro atoms. The summed E-state index contributed by atoms with van der Waals surface area (Å²) in [5, 5.41) is 8.77. The van der Waals surface area contributed by atoms with Crippen LogP contribution in [0.1, 0.15) is 0 Å². The quantitative estimate of drug-likeness (QED) is 0.426. The Morgan fingerprint density at radius 3 is 2.31 bits per heavy atom. The van der Waals surface area contributed by atoms with Crippen LogP contribution in [0.25, 0.3) is 0 Å². The van der Waals surface area contributed by atoms with E-state index in [1.54, 1.807) is 6.08 Å².